The van der Waals surface area contributed by atoms with E-state index in [1.165, 1.54) is 38.5 Å². The first-order chi connectivity index (χ1) is 12.6. The van der Waals surface area contributed by atoms with Crippen LogP contribution in [0, 0.1) is 0 Å². The molecule has 0 aromatic rings. The Hall–Kier alpha value is -0.610. The van der Waals surface area contributed by atoms with Crippen molar-refractivity contribution >= 4 is 29.9 Å². The van der Waals surface area contributed by atoms with Crippen LogP contribution < -0.4 is 5.32 Å². The molecule has 5 nitrogen and oxygen atoms in total. The molecule has 0 radical (unpaired) electrons. The molecule has 7 heteroatoms. The third-order valence-corrected chi connectivity index (χ3v) is 12.5. The lowest BCUT2D eigenvalue weighted by molar-refractivity contribution is -0.138. The van der Waals surface area contributed by atoms with Crippen molar-refractivity contribution in [3.05, 3.63) is 0 Å². The van der Waals surface area contributed by atoms with Gasteiger partial charge in [0.15, 0.2) is 0 Å². The number of carbonyl (C=O) groups is 2. The van der Waals surface area contributed by atoms with Gasteiger partial charge in [0.25, 0.3) is 0 Å². The Balaban J connectivity index is 2.18. The smallest absolute Gasteiger partial charge is 0.408 e. The first-order valence-electron chi connectivity index (χ1n) is 10.4. The second-order valence-corrected chi connectivity index (χ2v) is 14.7. The number of hydrogen-bond acceptors (Lipinski definition) is 4. The molecule has 2 rings (SSSR count). The van der Waals surface area contributed by atoms with E-state index in [0.29, 0.717) is 17.5 Å². The molecule has 0 saturated heterocycles. The van der Waals surface area contributed by atoms with Crippen LogP contribution in [-0.2, 0) is 21.3 Å². The van der Waals surface area contributed by atoms with Crippen molar-refractivity contribution in [2.24, 2.45) is 0 Å². The molecular weight excluding hydrogens is 381 g/mol. The molecule has 2 N–H and O–H groups in total. The molecule has 0 unspecified atom stereocenters. The normalized spacial score (nSPS) is 21.4. The largest absolute Gasteiger partial charge is 0.480 e. The maximum Gasteiger partial charge on any atom is 0.408 e. The van der Waals surface area contributed by atoms with Gasteiger partial charge >= 0.3 is 12.1 Å². The Kier molecular flexibility index (Phi) is 8.18. The topological polar surface area (TPSA) is 75.6 Å². The van der Waals surface area contributed by atoms with Crippen molar-refractivity contribution in [1.29, 1.82) is 0 Å². The Morgan fingerprint density at radius 2 is 1.48 bits per heavy atom. The van der Waals surface area contributed by atoms with Crippen LogP contribution in [0.3, 0.4) is 0 Å². The number of carbonyl (C=O) groups excluding carboxylic acids is 1. The van der Waals surface area contributed by atoms with Crippen LogP contribution >= 0.6 is 6.04 Å². The summed E-state index contributed by atoms with van der Waals surface area (Å²) in [7, 11) is 0. The lowest BCUT2D eigenvalue weighted by Gasteiger charge is -2.42. The Labute approximate surface area is 169 Å². The Morgan fingerprint density at radius 3 is 1.85 bits per heavy atom. The average molecular weight is 418 g/mol. The summed E-state index contributed by atoms with van der Waals surface area (Å²) in [5.41, 5.74) is 0.304. The first kappa shape index (κ1) is 22.7. The molecule has 156 valence electrons. The maximum atomic E-state index is 12.2. The predicted octanol–water partition coefficient (Wildman–Crippen LogP) is 5.11. The van der Waals surface area contributed by atoms with Gasteiger partial charge in [0.2, 0.25) is 0 Å². The Morgan fingerprint density at radius 1 is 1.04 bits per heavy atom. The van der Waals surface area contributed by atoms with Gasteiger partial charge in [-0.1, -0.05) is 50.3 Å². The quantitative estimate of drug-likeness (QED) is 0.588. The van der Waals surface area contributed by atoms with Crippen LogP contribution in [0.5, 0.6) is 0 Å². The molecule has 0 spiro atoms. The molecule has 0 aromatic heterocycles. The number of nitrogens with one attached hydrogen (secondary N) is 1. The zero-order valence-corrected chi connectivity index (χ0v) is 18.7. The minimum atomic E-state index is -1.91. The van der Waals surface area contributed by atoms with E-state index in [1.54, 1.807) is 20.8 Å². The summed E-state index contributed by atoms with van der Waals surface area (Å²) >= 11 is 6.36. The van der Waals surface area contributed by atoms with Crippen LogP contribution in [0.4, 0.5) is 4.79 Å². The minimum Gasteiger partial charge on any atom is -0.480 e. The Bertz CT molecular complexity index is 541. The highest BCUT2D eigenvalue weighted by molar-refractivity contribution is 8.15. The van der Waals surface area contributed by atoms with Crippen LogP contribution in [0.1, 0.15) is 85.0 Å². The van der Waals surface area contributed by atoms with E-state index >= 15 is 0 Å². The van der Waals surface area contributed by atoms with E-state index in [-0.39, 0.29) is 0 Å². The van der Waals surface area contributed by atoms with Gasteiger partial charge in [0.05, 0.1) is 0 Å². The van der Waals surface area contributed by atoms with Crippen LogP contribution in [0.2, 0.25) is 0 Å². The number of aliphatic carboxylic acids is 1. The average Bonchev–Trinajstić information content (AvgIpc) is 2.61. The van der Waals surface area contributed by atoms with Crippen molar-refractivity contribution in [1.82, 2.24) is 5.32 Å². The molecule has 2 aliphatic rings. The second-order valence-electron chi connectivity index (χ2n) is 9.16. The summed E-state index contributed by atoms with van der Waals surface area (Å²) in [6.45, 7) is 5.32. The number of ether oxygens (including phenoxy) is 1. The fourth-order valence-corrected chi connectivity index (χ4v) is 10.8. The second kappa shape index (κ2) is 9.73. The van der Waals surface area contributed by atoms with Gasteiger partial charge in [-0.25, -0.2) is 9.59 Å². The van der Waals surface area contributed by atoms with Gasteiger partial charge in [-0.05, 0) is 63.8 Å². The zero-order valence-electron chi connectivity index (χ0n) is 17.0. The van der Waals surface area contributed by atoms with E-state index < -0.39 is 29.7 Å². The van der Waals surface area contributed by atoms with Gasteiger partial charge in [0, 0.05) is 6.16 Å². The van der Waals surface area contributed by atoms with Gasteiger partial charge in [-0.15, -0.1) is 0 Å². The van der Waals surface area contributed by atoms with Crippen LogP contribution in [-0.4, -0.2) is 46.3 Å². The van der Waals surface area contributed by atoms with Crippen molar-refractivity contribution in [2.45, 2.75) is 108 Å². The van der Waals surface area contributed by atoms with Crippen molar-refractivity contribution in [2.75, 3.05) is 6.16 Å². The van der Waals surface area contributed by atoms with E-state index in [0.717, 1.165) is 25.7 Å². The molecule has 27 heavy (non-hydrogen) atoms. The third kappa shape index (κ3) is 6.74. The van der Waals surface area contributed by atoms with Crippen molar-refractivity contribution in [3.63, 3.8) is 0 Å². The molecule has 2 aliphatic carbocycles. The molecule has 2 saturated carbocycles. The molecular formula is C20H36NO4PS. The van der Waals surface area contributed by atoms with E-state index in [2.05, 4.69) is 5.32 Å². The summed E-state index contributed by atoms with van der Waals surface area (Å²) in [6.07, 6.45) is 11.6. The number of rotatable bonds is 6. The number of alkyl carbamates (subject to hydrolysis) is 1. The number of carboxylic acid groups (broad SMARTS) is 1. The molecule has 0 bridgehead atoms. The third-order valence-electron chi connectivity index (χ3n) is 5.84. The molecule has 1 amide bonds. The first-order valence-corrected chi connectivity index (χ1v) is 13.5. The van der Waals surface area contributed by atoms with E-state index in [9.17, 15) is 14.7 Å². The highest BCUT2D eigenvalue weighted by atomic mass is 32.4. The van der Waals surface area contributed by atoms with Crippen molar-refractivity contribution in [3.8, 4) is 0 Å². The van der Waals surface area contributed by atoms with Gasteiger partial charge in [-0.3, -0.25) is 0 Å². The molecule has 2 fully saturated rings. The molecule has 0 aromatic carbocycles. The maximum absolute atomic E-state index is 12.2. The fraction of sp³-hybridized carbons (Fsp3) is 0.900. The zero-order chi connectivity index (χ0) is 20.1. The summed E-state index contributed by atoms with van der Waals surface area (Å²) in [6, 6.07) is -2.85. The van der Waals surface area contributed by atoms with Crippen molar-refractivity contribution < 1.29 is 19.4 Å². The predicted molar refractivity (Wildman–Crippen MR) is 114 cm³/mol. The monoisotopic (exact) mass is 417 g/mol. The number of amides is 1. The van der Waals surface area contributed by atoms with E-state index in [4.69, 9.17) is 16.5 Å². The lowest BCUT2D eigenvalue weighted by Crippen LogP contribution is -2.46. The van der Waals surface area contributed by atoms with Gasteiger partial charge in [0.1, 0.15) is 11.6 Å². The summed E-state index contributed by atoms with van der Waals surface area (Å²) in [5, 5.41) is 12.4. The summed E-state index contributed by atoms with van der Waals surface area (Å²) in [4.78, 5) is 24.1. The molecule has 1 atom stereocenters. The number of hydrogen-bond donors (Lipinski definition) is 2. The molecule has 0 aliphatic heterocycles. The standard InChI is InChI=1S/C20H36NO4PS/c1-20(2,3)25-19(24)21-17(18(22)23)14-26(27,15-10-6-4-7-11-15)16-12-8-5-9-13-16/h15-17H,4-14H2,1-3H3,(H,21,24)(H,22,23)/t17-/m0/s1. The minimum absolute atomic E-state index is 0.423. The highest BCUT2D eigenvalue weighted by Gasteiger charge is 2.40. The molecule has 0 heterocycles. The van der Waals surface area contributed by atoms with Crippen LogP contribution in [0.15, 0.2) is 0 Å². The summed E-state index contributed by atoms with van der Waals surface area (Å²) in [5.74, 6) is -0.998. The fourth-order valence-electron chi connectivity index (χ4n) is 4.55. The van der Waals surface area contributed by atoms with Gasteiger partial charge in [-0.2, -0.15) is 0 Å². The SMILES string of the molecule is CC(C)(C)OC(=O)N[C@@H](CP(=S)(C1CCCCC1)C1CCCCC1)C(=O)O. The van der Waals surface area contributed by atoms with Crippen LogP contribution in [0.25, 0.3) is 0 Å². The highest BCUT2D eigenvalue weighted by Crippen LogP contribution is 2.63. The van der Waals surface area contributed by atoms with E-state index in [1.807, 2.05) is 0 Å². The lowest BCUT2D eigenvalue weighted by atomic mass is 9.99. The van der Waals surface area contributed by atoms with Gasteiger partial charge < -0.3 is 15.2 Å². The summed E-state index contributed by atoms with van der Waals surface area (Å²) < 4.78 is 5.29. The number of carboxylic acids is 1.